The van der Waals surface area contributed by atoms with E-state index >= 15 is 0 Å². The van der Waals surface area contributed by atoms with Crippen LogP contribution in [0.4, 0.5) is 25.4 Å². The van der Waals surface area contributed by atoms with Crippen molar-refractivity contribution in [2.24, 2.45) is 0 Å². The van der Waals surface area contributed by atoms with Crippen molar-refractivity contribution in [2.45, 2.75) is 123 Å². The Morgan fingerprint density at radius 1 is 0.701 bits per heavy atom. The van der Waals surface area contributed by atoms with Crippen LogP contribution in [0.3, 0.4) is 0 Å². The number of aromatic nitrogens is 2. The first-order valence-electron chi connectivity index (χ1n) is 22.4. The number of hydrogen-bond donors (Lipinski definition) is 2. The van der Waals surface area contributed by atoms with Crippen LogP contribution >= 0.6 is 22.7 Å². The van der Waals surface area contributed by atoms with Gasteiger partial charge in [-0.05, 0) is 152 Å². The SMILES string of the molecule is [C-]#[N+]c1cc(-c2ncc(-c3cccc4c3CCC[C@H]4NC(=O)OC(C)(C)C)s2)ccc1F.[C-]#[N+]c1cc(-c2ncc(-c3cccc4c3CCC[C@H]4NC(=O)OC(C)(C)C)s2)ccc1OC(C)C. The first-order chi connectivity index (χ1) is 31.9. The molecule has 0 saturated carbocycles. The number of amides is 2. The van der Waals surface area contributed by atoms with E-state index < -0.39 is 23.1 Å². The average molecular weight is 939 g/mol. The number of hydrogen-bond acceptors (Lipinski definition) is 9. The Balaban J connectivity index is 0.000000200. The van der Waals surface area contributed by atoms with Gasteiger partial charge in [-0.15, -0.1) is 22.7 Å². The van der Waals surface area contributed by atoms with E-state index in [1.807, 2.05) is 98.1 Å². The maximum Gasteiger partial charge on any atom is 0.408 e. The molecule has 346 valence electrons. The van der Waals surface area contributed by atoms with Crippen LogP contribution in [-0.4, -0.2) is 39.5 Å². The van der Waals surface area contributed by atoms with Gasteiger partial charge in [-0.1, -0.05) is 48.5 Å². The predicted molar refractivity (Wildman–Crippen MR) is 264 cm³/mol. The minimum absolute atomic E-state index is 0.00528. The van der Waals surface area contributed by atoms with Crippen LogP contribution in [0.15, 0.2) is 85.2 Å². The number of alkyl carbamates (subject to hydrolysis) is 2. The number of thiazole rings is 2. The van der Waals surface area contributed by atoms with Crippen molar-refractivity contribution >= 4 is 46.2 Å². The summed E-state index contributed by atoms with van der Waals surface area (Å²) >= 11 is 3.12. The lowest BCUT2D eigenvalue weighted by molar-refractivity contribution is 0.0487. The van der Waals surface area contributed by atoms with E-state index in [0.29, 0.717) is 11.4 Å². The molecule has 0 spiro atoms. The highest BCUT2D eigenvalue weighted by atomic mass is 32.1. The van der Waals surface area contributed by atoms with Crippen LogP contribution in [0.1, 0.15) is 115 Å². The predicted octanol–water partition coefficient (Wildman–Crippen LogP) is 14.8. The molecular formula is C53H55FN6O5S2. The summed E-state index contributed by atoms with van der Waals surface area (Å²) in [6.07, 6.45) is 8.49. The Kier molecular flexibility index (Phi) is 14.8. The lowest BCUT2D eigenvalue weighted by Crippen LogP contribution is -2.36. The molecule has 67 heavy (non-hydrogen) atoms. The highest BCUT2D eigenvalue weighted by molar-refractivity contribution is 7.18. The van der Waals surface area contributed by atoms with E-state index in [-0.39, 0.29) is 30.0 Å². The Hall–Kier alpha value is -6.61. The molecule has 4 aromatic carbocycles. The van der Waals surface area contributed by atoms with Crippen molar-refractivity contribution in [1.82, 2.24) is 20.6 Å². The van der Waals surface area contributed by atoms with Crippen molar-refractivity contribution in [3.63, 3.8) is 0 Å². The molecule has 2 aliphatic carbocycles. The Labute approximate surface area is 400 Å². The number of carbonyl (C=O) groups is 2. The molecule has 2 aromatic heterocycles. The van der Waals surface area contributed by atoms with Gasteiger partial charge in [0.1, 0.15) is 32.8 Å². The van der Waals surface area contributed by atoms with Gasteiger partial charge < -0.3 is 24.8 Å². The molecule has 8 rings (SSSR count). The van der Waals surface area contributed by atoms with Gasteiger partial charge in [0.05, 0.1) is 41.1 Å². The van der Waals surface area contributed by atoms with E-state index in [2.05, 4.69) is 54.6 Å². The number of ether oxygens (including phenoxy) is 3. The van der Waals surface area contributed by atoms with Crippen molar-refractivity contribution in [3.05, 3.63) is 136 Å². The number of fused-ring (bicyclic) bond motifs is 2. The Morgan fingerprint density at radius 3 is 1.61 bits per heavy atom. The van der Waals surface area contributed by atoms with Crippen LogP contribution in [0.2, 0.25) is 0 Å². The molecule has 14 heteroatoms. The third kappa shape index (κ3) is 12.1. The summed E-state index contributed by atoms with van der Waals surface area (Å²) in [6, 6.07) is 22.3. The maximum atomic E-state index is 13.7. The minimum Gasteiger partial charge on any atom is -0.502 e. The summed E-state index contributed by atoms with van der Waals surface area (Å²) in [5, 5.41) is 7.68. The van der Waals surface area contributed by atoms with E-state index in [1.54, 1.807) is 17.4 Å². The zero-order valence-corrected chi connectivity index (χ0v) is 40.7. The number of benzene rings is 4. The summed E-state index contributed by atoms with van der Waals surface area (Å²) in [7, 11) is 0. The zero-order chi connectivity index (χ0) is 48.0. The van der Waals surface area contributed by atoms with Crippen LogP contribution in [-0.2, 0) is 22.3 Å². The van der Waals surface area contributed by atoms with Crippen molar-refractivity contribution < 1.29 is 28.2 Å². The van der Waals surface area contributed by atoms with E-state index in [1.165, 1.54) is 34.6 Å². The lowest BCUT2D eigenvalue weighted by Gasteiger charge is -2.29. The summed E-state index contributed by atoms with van der Waals surface area (Å²) in [5.74, 6) is 0.0670. The molecule has 0 radical (unpaired) electrons. The standard InChI is InChI=1S/C28H31N3O3S.C25H24FN3O2S/c1-17(2)33-24-14-13-18(15-23(24)29-6)26-30-16-25(35-26)21-11-7-10-20-19(21)9-8-12-22(20)31-27(32)34-28(3,4)5;1-25(2,3)31-24(30)29-20-10-6-7-16-17(20)8-5-9-18(16)22-14-28-23(32-22)15-11-12-19(26)21(13-15)27-4/h7,10-11,13-17,22H,8-9,12H2,1-5H3,(H,31,32);5,8-9,11-14,20H,6-7,10H2,1-3H3,(H,29,30)/t22-;20-/m11/s1. The number of rotatable bonds is 8. The van der Waals surface area contributed by atoms with E-state index in [0.717, 1.165) is 91.7 Å². The third-order valence-electron chi connectivity index (χ3n) is 10.9. The Bertz CT molecular complexity index is 2860. The zero-order valence-electron chi connectivity index (χ0n) is 39.1. The molecule has 2 atom stereocenters. The fourth-order valence-corrected chi connectivity index (χ4v) is 10.2. The molecule has 2 heterocycles. The van der Waals surface area contributed by atoms with Crippen LogP contribution in [0, 0.1) is 19.0 Å². The van der Waals surface area contributed by atoms with Gasteiger partial charge in [0.2, 0.25) is 11.4 Å². The van der Waals surface area contributed by atoms with Gasteiger partial charge in [0.25, 0.3) is 0 Å². The molecule has 0 unspecified atom stereocenters. The van der Waals surface area contributed by atoms with E-state index in [9.17, 15) is 14.0 Å². The fourth-order valence-electron chi connectivity index (χ4n) is 8.25. The van der Waals surface area contributed by atoms with Crippen molar-refractivity contribution in [2.75, 3.05) is 0 Å². The average Bonchev–Trinajstić information content (AvgIpc) is 3.97. The molecule has 0 bridgehead atoms. The van der Waals surface area contributed by atoms with Gasteiger partial charge in [0, 0.05) is 23.5 Å². The Morgan fingerprint density at radius 2 is 1.16 bits per heavy atom. The largest absolute Gasteiger partial charge is 0.502 e. The summed E-state index contributed by atoms with van der Waals surface area (Å²) in [4.78, 5) is 42.9. The lowest BCUT2D eigenvalue weighted by atomic mass is 9.84. The van der Waals surface area contributed by atoms with Crippen LogP contribution < -0.4 is 15.4 Å². The molecule has 0 saturated heterocycles. The summed E-state index contributed by atoms with van der Waals surface area (Å²) < 4.78 is 30.4. The van der Waals surface area contributed by atoms with Crippen molar-refractivity contribution in [3.8, 4) is 47.8 Å². The van der Waals surface area contributed by atoms with Crippen LogP contribution in [0.5, 0.6) is 5.75 Å². The number of halogens is 1. The van der Waals surface area contributed by atoms with Gasteiger partial charge in [-0.3, -0.25) is 0 Å². The number of carbonyl (C=O) groups excluding carboxylic acids is 2. The van der Waals surface area contributed by atoms with Crippen LogP contribution in [0.25, 0.3) is 51.7 Å². The van der Waals surface area contributed by atoms with Gasteiger partial charge in [-0.2, -0.15) is 0 Å². The summed E-state index contributed by atoms with van der Waals surface area (Å²) in [5.41, 5.74) is 7.96. The first-order valence-corrected chi connectivity index (χ1v) is 24.0. The first kappa shape index (κ1) is 48.3. The second-order valence-corrected chi connectivity index (χ2v) is 20.8. The van der Waals surface area contributed by atoms with Crippen molar-refractivity contribution in [1.29, 1.82) is 0 Å². The highest BCUT2D eigenvalue weighted by Gasteiger charge is 2.29. The fraction of sp³-hybridized carbons (Fsp3) is 0.358. The molecule has 2 aliphatic rings. The highest BCUT2D eigenvalue weighted by Crippen LogP contribution is 2.43. The topological polar surface area (TPSA) is 120 Å². The molecule has 6 aromatic rings. The maximum absolute atomic E-state index is 13.7. The second-order valence-electron chi connectivity index (χ2n) is 18.7. The third-order valence-corrected chi connectivity index (χ3v) is 13.1. The molecule has 2 amide bonds. The quantitative estimate of drug-likeness (QED) is 0.146. The van der Waals surface area contributed by atoms with Gasteiger partial charge in [-0.25, -0.2) is 33.6 Å². The van der Waals surface area contributed by atoms with Gasteiger partial charge in [0.15, 0.2) is 0 Å². The molecular weight excluding hydrogens is 884 g/mol. The van der Waals surface area contributed by atoms with Gasteiger partial charge >= 0.3 is 12.2 Å². The smallest absolute Gasteiger partial charge is 0.408 e. The molecule has 0 fully saturated rings. The number of nitrogens with one attached hydrogen (secondary N) is 2. The second kappa shape index (κ2) is 20.5. The minimum atomic E-state index is -0.546. The normalized spacial score (nSPS) is 15.4. The monoisotopic (exact) mass is 938 g/mol. The molecule has 0 aliphatic heterocycles. The number of nitrogens with zero attached hydrogens (tertiary/aromatic N) is 4. The van der Waals surface area contributed by atoms with E-state index in [4.69, 9.17) is 27.4 Å². The molecule has 11 nitrogen and oxygen atoms in total. The summed E-state index contributed by atoms with van der Waals surface area (Å²) in [6.45, 7) is 29.7. The molecule has 2 N–H and O–H groups in total.